The molecule has 0 radical (unpaired) electrons. The molecule has 2 atom stereocenters. The summed E-state index contributed by atoms with van der Waals surface area (Å²) in [5.41, 5.74) is 1.13. The molecule has 0 aromatic carbocycles. The van der Waals surface area contributed by atoms with Gasteiger partial charge in [0.15, 0.2) is 9.84 Å². The normalized spacial score (nSPS) is 24.8. The van der Waals surface area contributed by atoms with Gasteiger partial charge >= 0.3 is 0 Å². The third kappa shape index (κ3) is 3.13. The van der Waals surface area contributed by atoms with Crippen LogP contribution >= 0.6 is 11.3 Å². The summed E-state index contributed by atoms with van der Waals surface area (Å²) in [7, 11) is -2.94. The average molecular weight is 287 g/mol. The lowest BCUT2D eigenvalue weighted by Gasteiger charge is -2.30. The van der Waals surface area contributed by atoms with E-state index in [1.54, 1.807) is 11.3 Å². The van der Waals surface area contributed by atoms with Crippen LogP contribution in [0.3, 0.4) is 0 Å². The van der Waals surface area contributed by atoms with Crippen LogP contribution in [0.25, 0.3) is 0 Å². The largest absolute Gasteiger partial charge is 0.309 e. The van der Waals surface area contributed by atoms with Gasteiger partial charge in [-0.15, -0.1) is 0 Å². The van der Waals surface area contributed by atoms with Gasteiger partial charge in [-0.1, -0.05) is 13.3 Å². The molecule has 2 heterocycles. The van der Waals surface area contributed by atoms with Crippen LogP contribution in [-0.2, 0) is 9.84 Å². The summed E-state index contributed by atoms with van der Waals surface area (Å²) in [4.78, 5) is 0. The van der Waals surface area contributed by atoms with E-state index < -0.39 is 9.84 Å². The topological polar surface area (TPSA) is 46.2 Å². The van der Waals surface area contributed by atoms with E-state index in [9.17, 15) is 8.42 Å². The van der Waals surface area contributed by atoms with E-state index in [1.807, 2.05) is 11.4 Å². The van der Waals surface area contributed by atoms with E-state index in [0.717, 1.165) is 37.8 Å². The first kappa shape index (κ1) is 14.0. The first-order chi connectivity index (χ1) is 8.65. The minimum atomic E-state index is -2.94. The van der Waals surface area contributed by atoms with Crippen molar-refractivity contribution in [2.24, 2.45) is 0 Å². The summed E-state index contributed by atoms with van der Waals surface area (Å²) in [5.74, 6) is 0.353. The maximum atomic E-state index is 12.2. The van der Waals surface area contributed by atoms with Crippen molar-refractivity contribution in [3.8, 4) is 0 Å². The summed E-state index contributed by atoms with van der Waals surface area (Å²) in [6.07, 6.45) is 3.66. The highest BCUT2D eigenvalue weighted by Crippen LogP contribution is 2.31. The fraction of sp³-hybridized carbons (Fsp3) is 0.692. The zero-order valence-electron chi connectivity index (χ0n) is 10.8. The lowest BCUT2D eigenvalue weighted by Crippen LogP contribution is -2.40. The molecule has 1 saturated heterocycles. The number of hydrogen-bond acceptors (Lipinski definition) is 4. The van der Waals surface area contributed by atoms with Gasteiger partial charge in [0.25, 0.3) is 0 Å². The molecule has 102 valence electrons. The van der Waals surface area contributed by atoms with E-state index in [4.69, 9.17) is 0 Å². The summed E-state index contributed by atoms with van der Waals surface area (Å²) in [5, 5.41) is 7.27. The smallest absolute Gasteiger partial charge is 0.155 e. The summed E-state index contributed by atoms with van der Waals surface area (Å²) >= 11 is 1.63. The maximum absolute atomic E-state index is 12.2. The van der Waals surface area contributed by atoms with E-state index in [-0.39, 0.29) is 11.3 Å². The monoisotopic (exact) mass is 287 g/mol. The predicted octanol–water partition coefficient (Wildman–Crippen LogP) is 2.76. The third-order valence-corrected chi connectivity index (χ3v) is 6.51. The standard InChI is InChI=1S/C13H21NO2S2/c1-2-7-14-13(11-6-8-17-10-11)12-5-3-4-9-18(12,15)16/h6,8,10,12-14H,2-5,7,9H2,1H3. The van der Waals surface area contributed by atoms with Gasteiger partial charge in [0.05, 0.1) is 11.0 Å². The molecule has 3 nitrogen and oxygen atoms in total. The third-order valence-electron chi connectivity index (χ3n) is 3.52. The molecule has 1 aromatic heterocycles. The molecule has 1 aliphatic rings. The number of hydrogen-bond donors (Lipinski definition) is 1. The van der Waals surface area contributed by atoms with Crippen molar-refractivity contribution < 1.29 is 8.42 Å². The fourth-order valence-corrected chi connectivity index (χ4v) is 5.37. The highest BCUT2D eigenvalue weighted by atomic mass is 32.2. The van der Waals surface area contributed by atoms with Crippen molar-refractivity contribution in [1.82, 2.24) is 5.32 Å². The van der Waals surface area contributed by atoms with Crippen molar-refractivity contribution in [2.45, 2.75) is 43.9 Å². The van der Waals surface area contributed by atoms with Crippen LogP contribution in [-0.4, -0.2) is 26.0 Å². The molecule has 2 unspecified atom stereocenters. The molecular formula is C13H21NO2S2. The van der Waals surface area contributed by atoms with Gasteiger partial charge in [-0.3, -0.25) is 0 Å². The van der Waals surface area contributed by atoms with Gasteiger partial charge in [0.1, 0.15) is 0 Å². The first-order valence-electron chi connectivity index (χ1n) is 6.62. The van der Waals surface area contributed by atoms with Crippen molar-refractivity contribution in [3.05, 3.63) is 22.4 Å². The molecule has 0 aliphatic carbocycles. The van der Waals surface area contributed by atoms with Crippen LogP contribution in [0.5, 0.6) is 0 Å². The van der Waals surface area contributed by atoms with Crippen LogP contribution in [0.1, 0.15) is 44.2 Å². The maximum Gasteiger partial charge on any atom is 0.155 e. The fourth-order valence-electron chi connectivity index (χ4n) is 2.57. The van der Waals surface area contributed by atoms with E-state index in [2.05, 4.69) is 17.6 Å². The van der Waals surface area contributed by atoms with Crippen LogP contribution < -0.4 is 5.32 Å². The van der Waals surface area contributed by atoms with Gasteiger partial charge in [0.2, 0.25) is 0 Å². The molecular weight excluding hydrogens is 266 g/mol. The van der Waals surface area contributed by atoms with E-state index in [1.165, 1.54) is 0 Å². The van der Waals surface area contributed by atoms with Crippen molar-refractivity contribution in [1.29, 1.82) is 0 Å². The highest BCUT2D eigenvalue weighted by Gasteiger charge is 2.36. The van der Waals surface area contributed by atoms with Gasteiger partial charge in [0, 0.05) is 6.04 Å². The Morgan fingerprint density at radius 1 is 1.50 bits per heavy atom. The molecule has 5 heteroatoms. The SMILES string of the molecule is CCCNC(c1ccsc1)C1CCCCS1(=O)=O. The summed E-state index contributed by atoms with van der Waals surface area (Å²) < 4.78 is 24.5. The summed E-state index contributed by atoms with van der Waals surface area (Å²) in [6.45, 7) is 2.97. The highest BCUT2D eigenvalue weighted by molar-refractivity contribution is 7.92. The second-order valence-electron chi connectivity index (χ2n) is 4.89. The molecule has 18 heavy (non-hydrogen) atoms. The Hall–Kier alpha value is -0.390. The Morgan fingerprint density at radius 3 is 2.94 bits per heavy atom. The molecule has 0 amide bonds. The molecule has 1 fully saturated rings. The zero-order valence-corrected chi connectivity index (χ0v) is 12.4. The predicted molar refractivity (Wildman–Crippen MR) is 76.8 cm³/mol. The average Bonchev–Trinajstić information content (AvgIpc) is 2.85. The Labute approximate surface area is 114 Å². The Balaban J connectivity index is 2.22. The van der Waals surface area contributed by atoms with Gasteiger partial charge < -0.3 is 5.32 Å². The number of rotatable bonds is 5. The van der Waals surface area contributed by atoms with E-state index in [0.29, 0.717) is 5.75 Å². The Kier molecular flexibility index (Phi) is 4.81. The lowest BCUT2D eigenvalue weighted by atomic mass is 10.0. The molecule has 1 N–H and O–H groups in total. The van der Waals surface area contributed by atoms with Crippen molar-refractivity contribution in [2.75, 3.05) is 12.3 Å². The van der Waals surface area contributed by atoms with Crippen LogP contribution in [0.15, 0.2) is 16.8 Å². The van der Waals surface area contributed by atoms with Crippen molar-refractivity contribution >= 4 is 21.2 Å². The van der Waals surface area contributed by atoms with E-state index >= 15 is 0 Å². The summed E-state index contributed by atoms with van der Waals surface area (Å²) in [6, 6.07) is 2.02. The van der Waals surface area contributed by atoms with Crippen LogP contribution in [0.2, 0.25) is 0 Å². The first-order valence-corrected chi connectivity index (χ1v) is 9.28. The quantitative estimate of drug-likeness (QED) is 0.906. The molecule has 1 aliphatic heterocycles. The van der Waals surface area contributed by atoms with Crippen LogP contribution in [0.4, 0.5) is 0 Å². The van der Waals surface area contributed by atoms with Crippen LogP contribution in [0, 0.1) is 0 Å². The minimum absolute atomic E-state index is 0.0264. The second-order valence-corrected chi connectivity index (χ2v) is 8.01. The number of thiophene rings is 1. The Morgan fingerprint density at radius 2 is 2.33 bits per heavy atom. The van der Waals surface area contributed by atoms with Gasteiger partial charge in [-0.25, -0.2) is 8.42 Å². The second kappa shape index (κ2) is 6.17. The number of sulfone groups is 1. The van der Waals surface area contributed by atoms with Gasteiger partial charge in [-0.2, -0.15) is 11.3 Å². The minimum Gasteiger partial charge on any atom is -0.309 e. The van der Waals surface area contributed by atoms with Gasteiger partial charge in [-0.05, 0) is 48.2 Å². The Bertz CT molecular complexity index is 453. The molecule has 1 aromatic rings. The molecule has 0 spiro atoms. The number of nitrogens with one attached hydrogen (secondary N) is 1. The zero-order chi connectivity index (χ0) is 13.0. The molecule has 0 saturated carbocycles. The molecule has 0 bridgehead atoms. The lowest BCUT2D eigenvalue weighted by molar-refractivity contribution is 0.447. The molecule has 2 rings (SSSR count). The van der Waals surface area contributed by atoms with Crippen molar-refractivity contribution in [3.63, 3.8) is 0 Å².